The van der Waals surface area contributed by atoms with Gasteiger partial charge in [-0.05, 0) is 91.4 Å². The number of aryl methyl sites for hydroxylation is 1. The fourth-order valence-electron chi connectivity index (χ4n) is 4.25. The number of fused-ring (bicyclic) bond motifs is 1. The van der Waals surface area contributed by atoms with Crippen LogP contribution in [0.1, 0.15) is 23.1 Å². The molecule has 2 N–H and O–H groups in total. The van der Waals surface area contributed by atoms with E-state index in [0.717, 1.165) is 29.3 Å². The van der Waals surface area contributed by atoms with E-state index in [2.05, 4.69) is 67.5 Å². The summed E-state index contributed by atoms with van der Waals surface area (Å²) < 4.78 is 6.09. The highest BCUT2D eigenvalue weighted by Crippen LogP contribution is 2.29. The predicted molar refractivity (Wildman–Crippen MR) is 121 cm³/mol. The van der Waals surface area contributed by atoms with Crippen molar-refractivity contribution in [3.63, 3.8) is 0 Å². The van der Waals surface area contributed by atoms with Crippen molar-refractivity contribution in [2.24, 2.45) is 5.92 Å². The first-order chi connectivity index (χ1) is 14.1. The van der Waals surface area contributed by atoms with Crippen LogP contribution >= 0.6 is 0 Å². The van der Waals surface area contributed by atoms with Gasteiger partial charge in [0, 0.05) is 12.2 Å². The molecule has 0 fully saturated rings. The minimum atomic E-state index is 0.583. The Balaban J connectivity index is 1.37. The van der Waals surface area contributed by atoms with Crippen LogP contribution in [-0.4, -0.2) is 25.5 Å². The molecule has 1 atom stereocenters. The van der Waals surface area contributed by atoms with E-state index in [9.17, 15) is 0 Å². The molecular weight excluding hydrogens is 356 g/mol. The summed E-state index contributed by atoms with van der Waals surface area (Å²) in [6.07, 6.45) is 3.60. The average molecular weight is 387 g/mol. The quantitative estimate of drug-likeness (QED) is 0.593. The number of nitrogens with two attached hydrogens (primary N) is 1. The highest BCUT2D eigenvalue weighted by atomic mass is 16.5. The second-order valence-corrected chi connectivity index (χ2v) is 8.41. The van der Waals surface area contributed by atoms with Crippen molar-refractivity contribution < 1.29 is 4.74 Å². The van der Waals surface area contributed by atoms with Crippen LogP contribution in [0.3, 0.4) is 0 Å². The molecule has 0 heterocycles. The van der Waals surface area contributed by atoms with Gasteiger partial charge in [-0.25, -0.2) is 0 Å². The van der Waals surface area contributed by atoms with E-state index in [-0.39, 0.29) is 0 Å². The van der Waals surface area contributed by atoms with Gasteiger partial charge in [0.2, 0.25) is 0 Å². The lowest BCUT2D eigenvalue weighted by Gasteiger charge is -2.27. The molecule has 3 heteroatoms. The Labute approximate surface area is 174 Å². The lowest BCUT2D eigenvalue weighted by Crippen LogP contribution is -2.26. The molecule has 29 heavy (non-hydrogen) atoms. The molecule has 0 amide bonds. The molecule has 3 aromatic carbocycles. The summed E-state index contributed by atoms with van der Waals surface area (Å²) in [5, 5.41) is 0. The van der Waals surface area contributed by atoms with Crippen LogP contribution in [0.15, 0.2) is 66.7 Å². The predicted octanol–water partition coefficient (Wildman–Crippen LogP) is 5.18. The first-order valence-electron chi connectivity index (χ1n) is 10.4. The van der Waals surface area contributed by atoms with Crippen LogP contribution in [0.2, 0.25) is 0 Å². The summed E-state index contributed by atoms with van der Waals surface area (Å²) in [6, 6.07) is 23.1. The van der Waals surface area contributed by atoms with E-state index >= 15 is 0 Å². The SMILES string of the molecule is CN(C)CC1CCc2cc(OCc3ccc(-c4cccc(N)c4)cc3)ccc2C1. The highest BCUT2D eigenvalue weighted by Gasteiger charge is 2.19. The van der Waals surface area contributed by atoms with Gasteiger partial charge in [-0.2, -0.15) is 0 Å². The molecule has 150 valence electrons. The van der Waals surface area contributed by atoms with Gasteiger partial charge < -0.3 is 15.4 Å². The number of ether oxygens (including phenoxy) is 1. The molecule has 1 unspecified atom stereocenters. The lowest BCUT2D eigenvalue weighted by molar-refractivity contribution is 0.297. The van der Waals surface area contributed by atoms with Gasteiger partial charge in [0.1, 0.15) is 12.4 Å². The molecule has 0 saturated carbocycles. The fraction of sp³-hybridized carbons (Fsp3) is 0.308. The molecule has 0 aliphatic heterocycles. The van der Waals surface area contributed by atoms with Crippen molar-refractivity contribution in [1.29, 1.82) is 0 Å². The Morgan fingerprint density at radius 3 is 2.52 bits per heavy atom. The van der Waals surface area contributed by atoms with Crippen molar-refractivity contribution in [1.82, 2.24) is 4.90 Å². The maximum Gasteiger partial charge on any atom is 0.120 e. The zero-order valence-corrected chi connectivity index (χ0v) is 17.4. The third kappa shape index (κ3) is 4.99. The van der Waals surface area contributed by atoms with E-state index in [1.807, 2.05) is 18.2 Å². The molecule has 4 rings (SSSR count). The van der Waals surface area contributed by atoms with E-state index in [1.54, 1.807) is 0 Å². The number of hydrogen-bond acceptors (Lipinski definition) is 3. The van der Waals surface area contributed by atoms with Crippen LogP contribution in [-0.2, 0) is 19.4 Å². The number of rotatable bonds is 6. The monoisotopic (exact) mass is 386 g/mol. The van der Waals surface area contributed by atoms with Crippen molar-refractivity contribution in [2.75, 3.05) is 26.4 Å². The largest absolute Gasteiger partial charge is 0.489 e. The lowest BCUT2D eigenvalue weighted by atomic mass is 9.83. The van der Waals surface area contributed by atoms with Crippen LogP contribution in [0.25, 0.3) is 11.1 Å². The summed E-state index contributed by atoms with van der Waals surface area (Å²) in [4.78, 5) is 2.30. The first-order valence-corrected chi connectivity index (χ1v) is 10.4. The number of nitrogens with zero attached hydrogens (tertiary/aromatic N) is 1. The summed E-state index contributed by atoms with van der Waals surface area (Å²) in [7, 11) is 4.32. The fourth-order valence-corrected chi connectivity index (χ4v) is 4.25. The Morgan fingerprint density at radius 2 is 1.76 bits per heavy atom. The Hall–Kier alpha value is -2.78. The third-order valence-electron chi connectivity index (χ3n) is 5.71. The van der Waals surface area contributed by atoms with Gasteiger partial charge in [0.05, 0.1) is 0 Å². The van der Waals surface area contributed by atoms with Crippen LogP contribution in [0.5, 0.6) is 5.75 Å². The topological polar surface area (TPSA) is 38.5 Å². The number of nitrogen functional groups attached to an aromatic ring is 1. The second kappa shape index (κ2) is 8.71. The summed E-state index contributed by atoms with van der Waals surface area (Å²) in [5.41, 5.74) is 13.1. The minimum absolute atomic E-state index is 0.583. The van der Waals surface area contributed by atoms with E-state index in [0.29, 0.717) is 6.61 Å². The molecule has 1 aliphatic carbocycles. The zero-order chi connectivity index (χ0) is 20.2. The summed E-state index contributed by atoms with van der Waals surface area (Å²) in [6.45, 7) is 1.75. The zero-order valence-electron chi connectivity index (χ0n) is 17.4. The van der Waals surface area contributed by atoms with Crippen molar-refractivity contribution in [3.05, 3.63) is 83.4 Å². The van der Waals surface area contributed by atoms with Gasteiger partial charge in [-0.15, -0.1) is 0 Å². The number of anilines is 1. The molecule has 1 aliphatic rings. The van der Waals surface area contributed by atoms with Crippen LogP contribution in [0, 0.1) is 5.92 Å². The summed E-state index contributed by atoms with van der Waals surface area (Å²) in [5.74, 6) is 1.73. The van der Waals surface area contributed by atoms with Gasteiger partial charge in [0.25, 0.3) is 0 Å². The van der Waals surface area contributed by atoms with Crippen LogP contribution in [0.4, 0.5) is 5.69 Å². The number of benzene rings is 3. The molecular formula is C26H30N2O. The Morgan fingerprint density at radius 1 is 0.931 bits per heavy atom. The second-order valence-electron chi connectivity index (χ2n) is 8.41. The van der Waals surface area contributed by atoms with Crippen LogP contribution < -0.4 is 10.5 Å². The Kier molecular flexibility index (Phi) is 5.86. The number of hydrogen-bond donors (Lipinski definition) is 1. The normalized spacial score (nSPS) is 15.9. The molecule has 3 nitrogen and oxygen atoms in total. The molecule has 0 spiro atoms. The maximum absolute atomic E-state index is 6.09. The van der Waals surface area contributed by atoms with E-state index < -0.39 is 0 Å². The van der Waals surface area contributed by atoms with Gasteiger partial charge >= 0.3 is 0 Å². The van der Waals surface area contributed by atoms with Crippen molar-refractivity contribution in [2.45, 2.75) is 25.9 Å². The van der Waals surface area contributed by atoms with Gasteiger partial charge in [-0.3, -0.25) is 0 Å². The molecule has 3 aromatic rings. The molecule has 0 bridgehead atoms. The maximum atomic E-state index is 6.09. The molecule has 0 aromatic heterocycles. The summed E-state index contributed by atoms with van der Waals surface area (Å²) >= 11 is 0. The smallest absolute Gasteiger partial charge is 0.120 e. The average Bonchev–Trinajstić information content (AvgIpc) is 2.72. The first kappa shape index (κ1) is 19.5. The van der Waals surface area contributed by atoms with E-state index in [4.69, 9.17) is 10.5 Å². The minimum Gasteiger partial charge on any atom is -0.489 e. The van der Waals surface area contributed by atoms with Gasteiger partial charge in [-0.1, -0.05) is 42.5 Å². The van der Waals surface area contributed by atoms with E-state index in [1.165, 1.54) is 41.6 Å². The van der Waals surface area contributed by atoms with Crippen molar-refractivity contribution in [3.8, 4) is 16.9 Å². The highest BCUT2D eigenvalue weighted by molar-refractivity contribution is 5.67. The molecule has 0 radical (unpaired) electrons. The van der Waals surface area contributed by atoms with Gasteiger partial charge in [0.15, 0.2) is 0 Å². The standard InChI is InChI=1S/C26H30N2O/c1-28(2)17-20-8-11-24-16-26(13-12-23(24)14-20)29-18-19-6-9-21(10-7-19)22-4-3-5-25(27)15-22/h3-7,9-10,12-13,15-16,20H,8,11,14,17-18,27H2,1-2H3. The Bertz CT molecular complexity index is 963. The third-order valence-corrected chi connectivity index (χ3v) is 5.71. The molecule has 0 saturated heterocycles. The van der Waals surface area contributed by atoms with Crippen molar-refractivity contribution >= 4 is 5.69 Å².